The van der Waals surface area contributed by atoms with E-state index in [-0.39, 0.29) is 0 Å². The number of unbranched alkanes of at least 4 members (excludes halogenated alkanes) is 6. The lowest BCUT2D eigenvalue weighted by atomic mass is 10.1. The highest BCUT2D eigenvalue weighted by Crippen LogP contribution is 2.06. The summed E-state index contributed by atoms with van der Waals surface area (Å²) in [6.45, 7) is 11.5. The average molecular weight is 256 g/mol. The zero-order valence-electron chi connectivity index (χ0n) is 13.1. The first-order chi connectivity index (χ1) is 8.77. The third-order valence-corrected chi connectivity index (χ3v) is 3.22. The summed E-state index contributed by atoms with van der Waals surface area (Å²) in [6.07, 6.45) is 11.1. The van der Waals surface area contributed by atoms with E-state index in [2.05, 4.69) is 31.4 Å². The Morgan fingerprint density at radius 1 is 0.667 bits per heavy atom. The highest BCUT2D eigenvalue weighted by atomic mass is 14.9. The molecule has 0 aliphatic rings. The third-order valence-electron chi connectivity index (χ3n) is 3.22. The van der Waals surface area contributed by atoms with Crippen LogP contribution in [0.5, 0.6) is 0 Å². The summed E-state index contributed by atoms with van der Waals surface area (Å²) in [5, 5.41) is 7.01. The first kappa shape index (κ1) is 17.9. The van der Waals surface area contributed by atoms with E-state index in [0.717, 1.165) is 19.0 Å². The number of rotatable bonds is 14. The molecule has 0 radical (unpaired) electrons. The van der Waals surface area contributed by atoms with Crippen molar-refractivity contribution in [1.82, 2.24) is 10.6 Å². The standard InChI is InChI=1S/C16H36N2/c1-4-5-6-7-8-9-10-12-17-13-11-14-18-15-16(2)3/h16-18H,4-15H2,1-3H3. The topological polar surface area (TPSA) is 24.1 Å². The van der Waals surface area contributed by atoms with Gasteiger partial charge in [-0.3, -0.25) is 0 Å². The van der Waals surface area contributed by atoms with Crippen LogP contribution in [-0.2, 0) is 0 Å². The van der Waals surface area contributed by atoms with E-state index < -0.39 is 0 Å². The van der Waals surface area contributed by atoms with Gasteiger partial charge >= 0.3 is 0 Å². The van der Waals surface area contributed by atoms with Gasteiger partial charge in [-0.2, -0.15) is 0 Å². The highest BCUT2D eigenvalue weighted by Gasteiger charge is 1.93. The minimum absolute atomic E-state index is 0.769. The summed E-state index contributed by atoms with van der Waals surface area (Å²) in [4.78, 5) is 0. The quantitative estimate of drug-likeness (QED) is 0.460. The molecule has 110 valence electrons. The molecule has 0 amide bonds. The van der Waals surface area contributed by atoms with Crippen LogP contribution in [0.1, 0.15) is 72.1 Å². The van der Waals surface area contributed by atoms with Gasteiger partial charge in [0, 0.05) is 0 Å². The van der Waals surface area contributed by atoms with Crippen LogP contribution in [0, 0.1) is 5.92 Å². The molecule has 0 atom stereocenters. The second-order valence-corrected chi connectivity index (χ2v) is 5.82. The Morgan fingerprint density at radius 2 is 1.22 bits per heavy atom. The first-order valence-corrected chi connectivity index (χ1v) is 8.18. The van der Waals surface area contributed by atoms with Gasteiger partial charge in [-0.05, 0) is 44.9 Å². The third kappa shape index (κ3) is 15.9. The van der Waals surface area contributed by atoms with E-state index in [0.29, 0.717) is 0 Å². The fourth-order valence-corrected chi connectivity index (χ4v) is 2.06. The van der Waals surface area contributed by atoms with Gasteiger partial charge in [0.1, 0.15) is 0 Å². The van der Waals surface area contributed by atoms with Gasteiger partial charge in [0.15, 0.2) is 0 Å². The molecule has 0 aliphatic heterocycles. The second-order valence-electron chi connectivity index (χ2n) is 5.82. The van der Waals surface area contributed by atoms with Gasteiger partial charge in [0.2, 0.25) is 0 Å². The maximum atomic E-state index is 3.54. The molecule has 2 N–H and O–H groups in total. The zero-order valence-corrected chi connectivity index (χ0v) is 13.1. The molecule has 0 unspecified atom stereocenters. The van der Waals surface area contributed by atoms with Gasteiger partial charge in [-0.25, -0.2) is 0 Å². The maximum Gasteiger partial charge on any atom is -0.00258 e. The Hall–Kier alpha value is -0.0800. The Bertz CT molecular complexity index is 146. The summed E-state index contributed by atoms with van der Waals surface area (Å²) in [7, 11) is 0. The normalized spacial score (nSPS) is 11.3. The lowest BCUT2D eigenvalue weighted by molar-refractivity contribution is 0.521. The predicted molar refractivity (Wildman–Crippen MR) is 83.2 cm³/mol. The van der Waals surface area contributed by atoms with Crippen molar-refractivity contribution in [3.05, 3.63) is 0 Å². The molecule has 18 heavy (non-hydrogen) atoms. The summed E-state index contributed by atoms with van der Waals surface area (Å²) in [5.74, 6) is 0.769. The van der Waals surface area contributed by atoms with E-state index in [1.54, 1.807) is 0 Å². The Balaban J connectivity index is 2.90. The van der Waals surface area contributed by atoms with E-state index in [1.807, 2.05) is 0 Å². The Kier molecular flexibility index (Phi) is 14.9. The zero-order chi connectivity index (χ0) is 13.5. The fraction of sp³-hybridized carbons (Fsp3) is 1.00. The molecule has 0 aromatic rings. The van der Waals surface area contributed by atoms with Crippen LogP contribution in [0.3, 0.4) is 0 Å². The van der Waals surface area contributed by atoms with Crippen molar-refractivity contribution < 1.29 is 0 Å². The van der Waals surface area contributed by atoms with E-state index in [4.69, 9.17) is 0 Å². The van der Waals surface area contributed by atoms with Crippen LogP contribution < -0.4 is 10.6 Å². The van der Waals surface area contributed by atoms with Gasteiger partial charge in [0.05, 0.1) is 0 Å². The van der Waals surface area contributed by atoms with Crippen molar-refractivity contribution in [1.29, 1.82) is 0 Å². The number of nitrogens with one attached hydrogen (secondary N) is 2. The molecule has 0 spiro atoms. The van der Waals surface area contributed by atoms with Crippen molar-refractivity contribution in [2.24, 2.45) is 5.92 Å². The molecule has 0 rings (SSSR count). The Morgan fingerprint density at radius 3 is 1.89 bits per heavy atom. The molecular formula is C16H36N2. The number of hydrogen-bond donors (Lipinski definition) is 2. The molecule has 0 aromatic carbocycles. The molecule has 2 nitrogen and oxygen atoms in total. The van der Waals surface area contributed by atoms with Gasteiger partial charge in [0.25, 0.3) is 0 Å². The molecule has 0 saturated carbocycles. The van der Waals surface area contributed by atoms with E-state index in [9.17, 15) is 0 Å². The minimum atomic E-state index is 0.769. The lowest BCUT2D eigenvalue weighted by Gasteiger charge is -2.08. The molecule has 0 fully saturated rings. The monoisotopic (exact) mass is 256 g/mol. The van der Waals surface area contributed by atoms with Gasteiger partial charge in [-0.15, -0.1) is 0 Å². The van der Waals surface area contributed by atoms with Gasteiger partial charge in [-0.1, -0.05) is 59.3 Å². The van der Waals surface area contributed by atoms with Crippen molar-refractivity contribution in [2.45, 2.75) is 72.1 Å². The van der Waals surface area contributed by atoms with Crippen molar-refractivity contribution in [3.63, 3.8) is 0 Å². The first-order valence-electron chi connectivity index (χ1n) is 8.18. The molecule has 0 aromatic heterocycles. The molecule has 0 heterocycles. The molecule has 0 saturated heterocycles. The van der Waals surface area contributed by atoms with Crippen LogP contribution >= 0.6 is 0 Å². The smallest absolute Gasteiger partial charge is 0.00258 e. The van der Waals surface area contributed by atoms with Crippen LogP contribution in [-0.4, -0.2) is 26.2 Å². The van der Waals surface area contributed by atoms with Crippen LogP contribution in [0.4, 0.5) is 0 Å². The van der Waals surface area contributed by atoms with E-state index in [1.165, 1.54) is 64.5 Å². The van der Waals surface area contributed by atoms with Crippen molar-refractivity contribution in [3.8, 4) is 0 Å². The molecule has 2 heteroatoms. The largest absolute Gasteiger partial charge is 0.317 e. The maximum absolute atomic E-state index is 3.54. The summed E-state index contributed by atoms with van der Waals surface area (Å²) in [6, 6.07) is 0. The molecule has 0 aliphatic carbocycles. The SMILES string of the molecule is CCCCCCCCCNCCCNCC(C)C. The average Bonchev–Trinajstić information content (AvgIpc) is 2.34. The lowest BCUT2D eigenvalue weighted by Crippen LogP contribution is -2.25. The number of hydrogen-bond acceptors (Lipinski definition) is 2. The van der Waals surface area contributed by atoms with Crippen LogP contribution in [0.15, 0.2) is 0 Å². The molecular weight excluding hydrogens is 220 g/mol. The molecule has 0 bridgehead atoms. The highest BCUT2D eigenvalue weighted by molar-refractivity contribution is 4.54. The summed E-state index contributed by atoms with van der Waals surface area (Å²) < 4.78 is 0. The summed E-state index contributed by atoms with van der Waals surface area (Å²) in [5.41, 5.74) is 0. The van der Waals surface area contributed by atoms with Crippen molar-refractivity contribution in [2.75, 3.05) is 26.2 Å². The van der Waals surface area contributed by atoms with E-state index >= 15 is 0 Å². The predicted octanol–water partition coefficient (Wildman–Crippen LogP) is 3.96. The Labute approximate surface area is 115 Å². The van der Waals surface area contributed by atoms with Gasteiger partial charge < -0.3 is 10.6 Å². The fourth-order valence-electron chi connectivity index (χ4n) is 2.06. The minimum Gasteiger partial charge on any atom is -0.317 e. The van der Waals surface area contributed by atoms with Crippen LogP contribution in [0.2, 0.25) is 0 Å². The van der Waals surface area contributed by atoms with Crippen LogP contribution in [0.25, 0.3) is 0 Å². The summed E-state index contributed by atoms with van der Waals surface area (Å²) >= 11 is 0. The second kappa shape index (κ2) is 15.0. The van der Waals surface area contributed by atoms with Crippen molar-refractivity contribution >= 4 is 0 Å².